The molecule has 0 bridgehead atoms. The van der Waals surface area contributed by atoms with E-state index in [0.29, 0.717) is 28.4 Å². The van der Waals surface area contributed by atoms with Crippen molar-refractivity contribution in [3.63, 3.8) is 0 Å². The summed E-state index contributed by atoms with van der Waals surface area (Å²) in [5.41, 5.74) is 7.92. The lowest BCUT2D eigenvalue weighted by atomic mass is 9.97. The molecule has 1 aromatic carbocycles. The normalized spacial score (nSPS) is 12.0. The molecule has 0 saturated carbocycles. The third-order valence-corrected chi connectivity index (χ3v) is 3.24. The fourth-order valence-electron chi connectivity index (χ4n) is 2.23. The Morgan fingerprint density at radius 2 is 1.95 bits per heavy atom. The van der Waals surface area contributed by atoms with E-state index in [-0.39, 0.29) is 0 Å². The number of rotatable bonds is 4. The van der Waals surface area contributed by atoms with Crippen LogP contribution >= 0.6 is 0 Å². The number of benzene rings is 1. The number of nitrogens with zero attached hydrogens (tertiary/aromatic N) is 1. The Morgan fingerprint density at radius 3 is 2.55 bits per heavy atom. The standard InChI is InChI=1S/C15H18N2O3/c1-9-7-8-17-15(16)12(9)13(18)10-5-4-6-11(19-2)14(10)20-3/h4-8,13,18H,1-3H3,(H2,16,17). The van der Waals surface area contributed by atoms with E-state index < -0.39 is 6.10 Å². The Morgan fingerprint density at radius 1 is 1.20 bits per heavy atom. The molecule has 2 rings (SSSR count). The maximum atomic E-state index is 10.6. The molecule has 0 aliphatic carbocycles. The Kier molecular flexibility index (Phi) is 4.10. The molecule has 5 nitrogen and oxygen atoms in total. The van der Waals surface area contributed by atoms with Crippen LogP contribution in [0.4, 0.5) is 5.82 Å². The van der Waals surface area contributed by atoms with Crippen LogP contribution in [0.25, 0.3) is 0 Å². The van der Waals surface area contributed by atoms with Crippen LogP contribution in [0.5, 0.6) is 11.5 Å². The molecule has 0 radical (unpaired) electrons. The summed E-state index contributed by atoms with van der Waals surface area (Å²) in [5, 5.41) is 10.6. The number of aromatic nitrogens is 1. The van der Waals surface area contributed by atoms with Crippen molar-refractivity contribution < 1.29 is 14.6 Å². The number of hydrogen-bond donors (Lipinski definition) is 2. The van der Waals surface area contributed by atoms with E-state index in [1.165, 1.54) is 7.11 Å². The average molecular weight is 274 g/mol. The van der Waals surface area contributed by atoms with Crippen molar-refractivity contribution in [2.45, 2.75) is 13.0 Å². The molecule has 1 aromatic heterocycles. The van der Waals surface area contributed by atoms with Gasteiger partial charge in [-0.15, -0.1) is 0 Å². The van der Waals surface area contributed by atoms with Crippen LogP contribution in [0.3, 0.4) is 0 Å². The van der Waals surface area contributed by atoms with Crippen LogP contribution in [0, 0.1) is 6.92 Å². The number of anilines is 1. The largest absolute Gasteiger partial charge is 0.493 e. The minimum Gasteiger partial charge on any atom is -0.493 e. The van der Waals surface area contributed by atoms with Gasteiger partial charge in [-0.1, -0.05) is 12.1 Å². The molecule has 1 atom stereocenters. The molecule has 3 N–H and O–H groups in total. The van der Waals surface area contributed by atoms with E-state index >= 15 is 0 Å². The number of pyridine rings is 1. The van der Waals surface area contributed by atoms with Crippen LogP contribution < -0.4 is 15.2 Å². The minimum absolute atomic E-state index is 0.308. The van der Waals surface area contributed by atoms with Crippen molar-refractivity contribution in [2.75, 3.05) is 20.0 Å². The van der Waals surface area contributed by atoms with Crippen LogP contribution in [0.1, 0.15) is 22.8 Å². The Hall–Kier alpha value is -2.27. The molecule has 0 fully saturated rings. The second-order valence-electron chi connectivity index (χ2n) is 4.41. The zero-order valence-corrected chi connectivity index (χ0v) is 11.8. The van der Waals surface area contributed by atoms with E-state index in [1.54, 1.807) is 31.5 Å². The number of aryl methyl sites for hydroxylation is 1. The second-order valence-corrected chi connectivity index (χ2v) is 4.41. The summed E-state index contributed by atoms with van der Waals surface area (Å²) in [4.78, 5) is 4.03. The van der Waals surface area contributed by atoms with Crippen LogP contribution in [0.15, 0.2) is 30.5 Å². The van der Waals surface area contributed by atoms with Gasteiger partial charge in [-0.3, -0.25) is 0 Å². The smallest absolute Gasteiger partial charge is 0.166 e. The molecular weight excluding hydrogens is 256 g/mol. The molecule has 0 saturated heterocycles. The number of ether oxygens (including phenoxy) is 2. The highest BCUT2D eigenvalue weighted by atomic mass is 16.5. The highest BCUT2D eigenvalue weighted by Crippen LogP contribution is 2.38. The van der Waals surface area contributed by atoms with E-state index in [0.717, 1.165) is 5.56 Å². The molecule has 1 heterocycles. The summed E-state index contributed by atoms with van der Waals surface area (Å²) in [6.07, 6.45) is 0.692. The van der Waals surface area contributed by atoms with Gasteiger partial charge in [-0.25, -0.2) is 4.98 Å². The van der Waals surface area contributed by atoms with E-state index in [4.69, 9.17) is 15.2 Å². The van der Waals surface area contributed by atoms with Crippen molar-refractivity contribution >= 4 is 5.82 Å². The molecule has 2 aromatic rings. The summed E-state index contributed by atoms with van der Waals surface area (Å²) in [5.74, 6) is 1.36. The molecule has 5 heteroatoms. The van der Waals surface area contributed by atoms with Gasteiger partial charge in [-0.2, -0.15) is 0 Å². The number of nitrogens with two attached hydrogens (primary N) is 1. The fraction of sp³-hybridized carbons (Fsp3) is 0.267. The first-order valence-corrected chi connectivity index (χ1v) is 6.20. The first-order chi connectivity index (χ1) is 9.60. The first-order valence-electron chi connectivity index (χ1n) is 6.20. The third-order valence-electron chi connectivity index (χ3n) is 3.24. The number of methoxy groups -OCH3 is 2. The van der Waals surface area contributed by atoms with Gasteiger partial charge in [0.05, 0.1) is 14.2 Å². The topological polar surface area (TPSA) is 77.6 Å². The average Bonchev–Trinajstić information content (AvgIpc) is 2.45. The molecule has 0 aliphatic heterocycles. The molecule has 20 heavy (non-hydrogen) atoms. The molecule has 1 unspecified atom stereocenters. The lowest BCUT2D eigenvalue weighted by Gasteiger charge is -2.19. The predicted molar refractivity (Wildman–Crippen MR) is 77.0 cm³/mol. The first kappa shape index (κ1) is 14.1. The highest BCUT2D eigenvalue weighted by Gasteiger charge is 2.22. The van der Waals surface area contributed by atoms with Gasteiger partial charge < -0.3 is 20.3 Å². The van der Waals surface area contributed by atoms with Gasteiger partial charge in [0.1, 0.15) is 11.9 Å². The zero-order valence-electron chi connectivity index (χ0n) is 11.8. The lowest BCUT2D eigenvalue weighted by Crippen LogP contribution is -2.09. The second kappa shape index (κ2) is 5.79. The van der Waals surface area contributed by atoms with E-state index in [9.17, 15) is 5.11 Å². The van der Waals surface area contributed by atoms with Crippen molar-refractivity contribution in [1.29, 1.82) is 0 Å². The summed E-state index contributed by atoms with van der Waals surface area (Å²) in [6.45, 7) is 1.88. The molecule has 0 spiro atoms. The summed E-state index contributed by atoms with van der Waals surface area (Å²) in [7, 11) is 3.09. The minimum atomic E-state index is -0.922. The maximum absolute atomic E-state index is 10.6. The number of aliphatic hydroxyl groups excluding tert-OH is 1. The SMILES string of the molecule is COc1cccc(C(O)c2c(C)ccnc2N)c1OC. The number of para-hydroxylation sites is 1. The van der Waals surface area contributed by atoms with Gasteiger partial charge >= 0.3 is 0 Å². The monoisotopic (exact) mass is 274 g/mol. The quantitative estimate of drug-likeness (QED) is 0.892. The number of aliphatic hydroxyl groups is 1. The zero-order chi connectivity index (χ0) is 14.7. The van der Waals surface area contributed by atoms with Crippen LogP contribution in [-0.4, -0.2) is 24.3 Å². The Labute approximate surface area is 118 Å². The van der Waals surface area contributed by atoms with Gasteiger partial charge in [-0.05, 0) is 24.6 Å². The summed E-state index contributed by atoms with van der Waals surface area (Å²) in [6, 6.07) is 7.15. The van der Waals surface area contributed by atoms with Crippen molar-refractivity contribution in [3.05, 3.63) is 47.2 Å². The van der Waals surface area contributed by atoms with Crippen molar-refractivity contribution in [3.8, 4) is 11.5 Å². The molecule has 0 aliphatic rings. The van der Waals surface area contributed by atoms with Crippen molar-refractivity contribution in [2.24, 2.45) is 0 Å². The van der Waals surface area contributed by atoms with Crippen molar-refractivity contribution in [1.82, 2.24) is 4.98 Å². The third kappa shape index (κ3) is 2.40. The molecule has 0 amide bonds. The van der Waals surface area contributed by atoms with Crippen LogP contribution in [-0.2, 0) is 0 Å². The van der Waals surface area contributed by atoms with E-state index in [1.807, 2.05) is 13.0 Å². The van der Waals surface area contributed by atoms with Crippen LogP contribution in [0.2, 0.25) is 0 Å². The van der Waals surface area contributed by atoms with Gasteiger partial charge in [0.2, 0.25) is 0 Å². The number of nitrogen functional groups attached to an aromatic ring is 1. The highest BCUT2D eigenvalue weighted by molar-refractivity contribution is 5.55. The Bertz CT molecular complexity index is 594. The van der Waals surface area contributed by atoms with E-state index in [2.05, 4.69) is 4.98 Å². The van der Waals surface area contributed by atoms with Gasteiger partial charge in [0, 0.05) is 17.3 Å². The lowest BCUT2D eigenvalue weighted by molar-refractivity contribution is 0.212. The fourth-order valence-corrected chi connectivity index (χ4v) is 2.23. The summed E-state index contributed by atoms with van der Waals surface area (Å²) < 4.78 is 10.6. The van der Waals surface area contributed by atoms with Gasteiger partial charge in [0.25, 0.3) is 0 Å². The molecule has 106 valence electrons. The predicted octanol–water partition coefficient (Wildman–Crippen LogP) is 2.07. The molecular formula is C15H18N2O3. The summed E-state index contributed by atoms with van der Waals surface area (Å²) >= 11 is 0. The maximum Gasteiger partial charge on any atom is 0.166 e. The van der Waals surface area contributed by atoms with Gasteiger partial charge in [0.15, 0.2) is 11.5 Å². The Balaban J connectivity index is 2.56. The number of hydrogen-bond acceptors (Lipinski definition) is 5.